The summed E-state index contributed by atoms with van der Waals surface area (Å²) in [5, 5.41) is 3.30. The number of rotatable bonds is 0. The lowest BCUT2D eigenvalue weighted by molar-refractivity contribution is -0.140. The molecule has 0 amide bonds. The van der Waals surface area contributed by atoms with Crippen LogP contribution < -0.4 is 5.32 Å². The van der Waals surface area contributed by atoms with Gasteiger partial charge in [-0.15, -0.1) is 12.4 Å². The maximum Gasteiger partial charge on any atom is 0.416 e. The third-order valence-corrected chi connectivity index (χ3v) is 4.26. The minimum absolute atomic E-state index is 0. The second-order valence-corrected chi connectivity index (χ2v) is 5.74. The first-order valence-corrected chi connectivity index (χ1v) is 6.43. The van der Waals surface area contributed by atoms with Crippen molar-refractivity contribution in [3.8, 4) is 0 Å². The molecule has 1 aromatic rings. The van der Waals surface area contributed by atoms with Crippen LogP contribution >= 0.6 is 24.0 Å². The second-order valence-electron chi connectivity index (χ2n) is 5.30. The van der Waals surface area contributed by atoms with E-state index in [1.54, 1.807) is 6.07 Å². The second kappa shape index (κ2) is 5.05. The van der Waals surface area contributed by atoms with E-state index in [4.69, 9.17) is 16.3 Å². The molecule has 7 heteroatoms. The Morgan fingerprint density at radius 3 is 2.75 bits per heavy atom. The van der Waals surface area contributed by atoms with E-state index in [0.717, 1.165) is 6.07 Å². The summed E-state index contributed by atoms with van der Waals surface area (Å²) in [6.07, 6.45) is -4.40. The van der Waals surface area contributed by atoms with Crippen LogP contribution in [0.5, 0.6) is 0 Å². The summed E-state index contributed by atoms with van der Waals surface area (Å²) in [5.41, 5.74) is -0.230. The molecule has 1 aromatic carbocycles. The molecule has 0 radical (unpaired) electrons. The quantitative estimate of drug-likeness (QED) is 0.783. The zero-order valence-electron chi connectivity index (χ0n) is 10.7. The number of benzene rings is 1. The van der Waals surface area contributed by atoms with Gasteiger partial charge in [0.1, 0.15) is 0 Å². The Labute approximate surface area is 126 Å². The van der Waals surface area contributed by atoms with Crippen molar-refractivity contribution in [3.63, 3.8) is 0 Å². The summed E-state index contributed by atoms with van der Waals surface area (Å²) < 4.78 is 44.9. The Morgan fingerprint density at radius 1 is 1.40 bits per heavy atom. The molecule has 1 N–H and O–H groups in total. The van der Waals surface area contributed by atoms with Crippen molar-refractivity contribution in [2.45, 2.75) is 31.2 Å². The highest BCUT2D eigenvalue weighted by Gasteiger charge is 2.47. The monoisotopic (exact) mass is 327 g/mol. The summed E-state index contributed by atoms with van der Waals surface area (Å²) >= 11 is 5.86. The first-order chi connectivity index (χ1) is 8.81. The van der Waals surface area contributed by atoms with Gasteiger partial charge in [0, 0.05) is 24.0 Å². The van der Waals surface area contributed by atoms with Crippen LogP contribution in [0.1, 0.15) is 29.5 Å². The van der Waals surface area contributed by atoms with E-state index in [-0.39, 0.29) is 35.5 Å². The Morgan fingerprint density at radius 2 is 2.10 bits per heavy atom. The SMILES string of the molecule is C[C@]12CNC[C@H]1c1cc(Cl)cc(C(F)(F)F)c1CO2.Cl. The van der Waals surface area contributed by atoms with Gasteiger partial charge in [-0.05, 0) is 30.2 Å². The standard InChI is InChI=1S/C13H13ClF3NO.ClH/c1-12-6-18-4-11(12)8-2-7(14)3-10(13(15,16)17)9(8)5-19-12;/h2-3,11,18H,4-6H2,1H3;1H/t11-,12-;/m0./s1. The highest BCUT2D eigenvalue weighted by Crippen LogP contribution is 2.46. The number of ether oxygens (including phenoxy) is 1. The van der Waals surface area contributed by atoms with Crippen LogP contribution in [0.3, 0.4) is 0 Å². The smallest absolute Gasteiger partial charge is 0.369 e. The molecule has 0 aliphatic carbocycles. The molecule has 0 bridgehead atoms. The van der Waals surface area contributed by atoms with Crippen LogP contribution in [0, 0.1) is 0 Å². The number of fused-ring (bicyclic) bond motifs is 3. The Kier molecular flexibility index (Phi) is 4.02. The molecule has 0 unspecified atom stereocenters. The Bertz CT molecular complexity index is 535. The molecule has 1 fully saturated rings. The van der Waals surface area contributed by atoms with E-state index in [9.17, 15) is 13.2 Å². The highest BCUT2D eigenvalue weighted by molar-refractivity contribution is 6.30. The summed E-state index contributed by atoms with van der Waals surface area (Å²) in [5.74, 6) is -0.0870. The van der Waals surface area contributed by atoms with Crippen LogP contribution in [0.25, 0.3) is 0 Å². The van der Waals surface area contributed by atoms with Crippen molar-refractivity contribution >= 4 is 24.0 Å². The third-order valence-electron chi connectivity index (χ3n) is 4.04. The molecule has 2 atom stereocenters. The number of hydrogen-bond donors (Lipinski definition) is 1. The van der Waals surface area contributed by atoms with Gasteiger partial charge in [0.15, 0.2) is 0 Å². The molecule has 1 saturated heterocycles. The molecule has 0 spiro atoms. The van der Waals surface area contributed by atoms with Gasteiger partial charge in [-0.3, -0.25) is 0 Å². The van der Waals surface area contributed by atoms with E-state index in [0.29, 0.717) is 18.7 Å². The molecule has 2 heterocycles. The zero-order valence-corrected chi connectivity index (χ0v) is 12.3. The van der Waals surface area contributed by atoms with E-state index in [1.165, 1.54) is 0 Å². The first kappa shape index (κ1) is 15.9. The van der Waals surface area contributed by atoms with Gasteiger partial charge in [0.25, 0.3) is 0 Å². The van der Waals surface area contributed by atoms with E-state index in [2.05, 4.69) is 5.32 Å². The van der Waals surface area contributed by atoms with Crippen molar-refractivity contribution in [1.29, 1.82) is 0 Å². The van der Waals surface area contributed by atoms with Crippen LogP contribution in [0.2, 0.25) is 5.02 Å². The molecule has 2 aliphatic rings. The predicted molar refractivity (Wildman–Crippen MR) is 72.5 cm³/mol. The van der Waals surface area contributed by atoms with Crippen LogP contribution in [-0.2, 0) is 17.5 Å². The maximum atomic E-state index is 13.1. The summed E-state index contributed by atoms with van der Waals surface area (Å²) in [6.45, 7) is 3.16. The highest BCUT2D eigenvalue weighted by atomic mass is 35.5. The van der Waals surface area contributed by atoms with E-state index >= 15 is 0 Å². The molecular weight excluding hydrogens is 314 g/mol. The molecule has 2 aliphatic heterocycles. The summed E-state index contributed by atoms with van der Waals surface area (Å²) in [6, 6.07) is 2.62. The van der Waals surface area contributed by atoms with Gasteiger partial charge >= 0.3 is 6.18 Å². The molecular formula is C13H14Cl2F3NO. The number of alkyl halides is 3. The maximum absolute atomic E-state index is 13.1. The molecule has 3 rings (SSSR count). The van der Waals surface area contributed by atoms with Gasteiger partial charge in [-0.2, -0.15) is 13.2 Å². The van der Waals surface area contributed by atoms with Gasteiger partial charge in [-0.25, -0.2) is 0 Å². The molecule has 112 valence electrons. The minimum atomic E-state index is -4.40. The summed E-state index contributed by atoms with van der Waals surface area (Å²) in [4.78, 5) is 0. The van der Waals surface area contributed by atoms with Crippen molar-refractivity contribution in [3.05, 3.63) is 33.8 Å². The fourth-order valence-electron chi connectivity index (χ4n) is 3.01. The lowest BCUT2D eigenvalue weighted by Crippen LogP contribution is -2.40. The minimum Gasteiger partial charge on any atom is -0.369 e. The molecule has 20 heavy (non-hydrogen) atoms. The van der Waals surface area contributed by atoms with Crippen LogP contribution in [0.15, 0.2) is 12.1 Å². The van der Waals surface area contributed by atoms with Crippen molar-refractivity contribution in [2.75, 3.05) is 13.1 Å². The van der Waals surface area contributed by atoms with Crippen molar-refractivity contribution < 1.29 is 17.9 Å². The van der Waals surface area contributed by atoms with E-state index in [1.807, 2.05) is 6.92 Å². The topological polar surface area (TPSA) is 21.3 Å². The normalized spacial score (nSPS) is 28.6. The molecule has 2 nitrogen and oxygen atoms in total. The molecule has 0 saturated carbocycles. The third kappa shape index (κ3) is 2.41. The zero-order chi connectivity index (χ0) is 13.8. The Balaban J connectivity index is 0.00000147. The average Bonchev–Trinajstić information content (AvgIpc) is 2.69. The van der Waals surface area contributed by atoms with Gasteiger partial charge in [0.05, 0.1) is 17.8 Å². The number of nitrogens with one attached hydrogen (secondary N) is 1. The summed E-state index contributed by atoms with van der Waals surface area (Å²) in [7, 11) is 0. The predicted octanol–water partition coefficient (Wildman–Crippen LogP) is 3.76. The van der Waals surface area contributed by atoms with Crippen molar-refractivity contribution in [2.24, 2.45) is 0 Å². The van der Waals surface area contributed by atoms with Crippen LogP contribution in [-0.4, -0.2) is 18.7 Å². The average molecular weight is 328 g/mol. The largest absolute Gasteiger partial charge is 0.416 e. The van der Waals surface area contributed by atoms with Crippen LogP contribution in [0.4, 0.5) is 13.2 Å². The van der Waals surface area contributed by atoms with E-state index < -0.39 is 17.3 Å². The number of hydrogen-bond acceptors (Lipinski definition) is 2. The van der Waals surface area contributed by atoms with Gasteiger partial charge < -0.3 is 10.1 Å². The fraction of sp³-hybridized carbons (Fsp3) is 0.538. The Hall–Kier alpha value is -0.490. The lowest BCUT2D eigenvalue weighted by atomic mass is 9.80. The van der Waals surface area contributed by atoms with Gasteiger partial charge in [-0.1, -0.05) is 11.6 Å². The molecule has 0 aromatic heterocycles. The van der Waals surface area contributed by atoms with Crippen molar-refractivity contribution in [1.82, 2.24) is 5.32 Å². The lowest BCUT2D eigenvalue weighted by Gasteiger charge is -2.38. The van der Waals surface area contributed by atoms with Gasteiger partial charge in [0.2, 0.25) is 0 Å². The first-order valence-electron chi connectivity index (χ1n) is 6.05. The number of halogens is 5. The fourth-order valence-corrected chi connectivity index (χ4v) is 3.24.